The number of ether oxygens (including phenoxy) is 2. The van der Waals surface area contributed by atoms with Crippen LogP contribution in [0.2, 0.25) is 0 Å². The third-order valence-corrected chi connectivity index (χ3v) is 2.93. The minimum Gasteiger partial charge on any atom is -0.490 e. The van der Waals surface area contributed by atoms with Gasteiger partial charge in [-0.05, 0) is 25.1 Å². The standard InChI is InChI=1S/C14H15NO3/c1-9-3-4-12(18-9)10-7-13-14(8-11(10)15)17-6-2-5-16-13/h3-4,7-8H,2,5-6,15H2,1H3. The Hall–Kier alpha value is -2.10. The van der Waals surface area contributed by atoms with Gasteiger partial charge in [0.25, 0.3) is 0 Å². The van der Waals surface area contributed by atoms with Crippen molar-refractivity contribution in [2.24, 2.45) is 0 Å². The van der Waals surface area contributed by atoms with Crippen molar-refractivity contribution in [1.29, 1.82) is 0 Å². The molecule has 2 heterocycles. The third kappa shape index (κ3) is 1.90. The monoisotopic (exact) mass is 245 g/mol. The third-order valence-electron chi connectivity index (χ3n) is 2.93. The van der Waals surface area contributed by atoms with Gasteiger partial charge in [0, 0.05) is 23.7 Å². The molecule has 1 aliphatic rings. The van der Waals surface area contributed by atoms with Gasteiger partial charge in [-0.1, -0.05) is 0 Å². The van der Waals surface area contributed by atoms with Crippen LogP contribution in [-0.2, 0) is 0 Å². The van der Waals surface area contributed by atoms with Gasteiger partial charge in [0.2, 0.25) is 0 Å². The molecule has 0 saturated carbocycles. The second-order valence-electron chi connectivity index (χ2n) is 4.35. The zero-order valence-corrected chi connectivity index (χ0v) is 10.2. The summed E-state index contributed by atoms with van der Waals surface area (Å²) in [6, 6.07) is 7.50. The van der Waals surface area contributed by atoms with E-state index in [0.29, 0.717) is 24.7 Å². The van der Waals surface area contributed by atoms with Crippen LogP contribution in [0, 0.1) is 6.92 Å². The molecule has 0 spiro atoms. The van der Waals surface area contributed by atoms with Crippen LogP contribution < -0.4 is 15.2 Å². The van der Waals surface area contributed by atoms with Crippen LogP contribution in [0.1, 0.15) is 12.2 Å². The lowest BCUT2D eigenvalue weighted by Gasteiger charge is -2.10. The number of benzene rings is 1. The van der Waals surface area contributed by atoms with Gasteiger partial charge in [0.05, 0.1) is 13.2 Å². The summed E-state index contributed by atoms with van der Waals surface area (Å²) < 4.78 is 16.8. The Kier molecular flexibility index (Phi) is 2.63. The Morgan fingerprint density at radius 3 is 2.44 bits per heavy atom. The first kappa shape index (κ1) is 11.0. The summed E-state index contributed by atoms with van der Waals surface area (Å²) in [6.45, 7) is 3.22. The molecule has 0 atom stereocenters. The van der Waals surface area contributed by atoms with Crippen LogP contribution in [0.25, 0.3) is 11.3 Å². The van der Waals surface area contributed by atoms with E-state index in [1.165, 1.54) is 0 Å². The largest absolute Gasteiger partial charge is 0.490 e. The predicted molar refractivity (Wildman–Crippen MR) is 68.9 cm³/mol. The fourth-order valence-electron chi connectivity index (χ4n) is 2.02. The molecule has 0 aliphatic carbocycles. The second-order valence-corrected chi connectivity index (χ2v) is 4.35. The molecule has 2 aromatic rings. The molecule has 3 rings (SSSR count). The quantitative estimate of drug-likeness (QED) is 0.785. The summed E-state index contributed by atoms with van der Waals surface area (Å²) in [4.78, 5) is 0. The molecule has 18 heavy (non-hydrogen) atoms. The lowest BCUT2D eigenvalue weighted by molar-refractivity contribution is 0.297. The average Bonchev–Trinajstić information content (AvgIpc) is 2.65. The van der Waals surface area contributed by atoms with Crippen molar-refractivity contribution in [2.45, 2.75) is 13.3 Å². The maximum absolute atomic E-state index is 6.04. The Bertz CT molecular complexity index is 574. The predicted octanol–water partition coefficient (Wildman–Crippen LogP) is 3.00. The lowest BCUT2D eigenvalue weighted by atomic mass is 10.1. The van der Waals surface area contributed by atoms with Gasteiger partial charge in [-0.2, -0.15) is 0 Å². The molecule has 4 nitrogen and oxygen atoms in total. The van der Waals surface area contributed by atoms with Crippen molar-refractivity contribution >= 4 is 5.69 Å². The first-order valence-corrected chi connectivity index (χ1v) is 6.00. The van der Waals surface area contributed by atoms with Crippen molar-refractivity contribution in [3.05, 3.63) is 30.0 Å². The first-order valence-electron chi connectivity index (χ1n) is 6.00. The van der Waals surface area contributed by atoms with E-state index in [-0.39, 0.29) is 0 Å². The Balaban J connectivity index is 2.08. The van der Waals surface area contributed by atoms with E-state index in [2.05, 4.69) is 0 Å². The van der Waals surface area contributed by atoms with Crippen LogP contribution in [0.5, 0.6) is 11.5 Å². The minimum atomic E-state index is 0.633. The number of anilines is 1. The van der Waals surface area contributed by atoms with E-state index in [9.17, 15) is 0 Å². The Morgan fingerprint density at radius 1 is 1.06 bits per heavy atom. The number of rotatable bonds is 1. The van der Waals surface area contributed by atoms with Crippen molar-refractivity contribution in [2.75, 3.05) is 18.9 Å². The molecule has 1 aliphatic heterocycles. The van der Waals surface area contributed by atoms with E-state index in [1.807, 2.05) is 25.1 Å². The van der Waals surface area contributed by atoms with Gasteiger partial charge in [-0.15, -0.1) is 0 Å². The SMILES string of the molecule is Cc1ccc(-c2cc3c(cc2N)OCCCO3)o1. The summed E-state index contributed by atoms with van der Waals surface area (Å²) in [6.07, 6.45) is 0.879. The summed E-state index contributed by atoms with van der Waals surface area (Å²) in [5, 5.41) is 0. The van der Waals surface area contributed by atoms with Crippen LogP contribution in [0.4, 0.5) is 5.69 Å². The Morgan fingerprint density at radius 2 is 1.78 bits per heavy atom. The molecule has 4 heteroatoms. The summed E-state index contributed by atoms with van der Waals surface area (Å²) in [5.41, 5.74) is 7.51. The molecule has 1 aromatic heterocycles. The van der Waals surface area contributed by atoms with Crippen LogP contribution >= 0.6 is 0 Å². The van der Waals surface area contributed by atoms with Crippen LogP contribution in [0.3, 0.4) is 0 Å². The highest BCUT2D eigenvalue weighted by molar-refractivity contribution is 5.77. The zero-order chi connectivity index (χ0) is 12.5. The van der Waals surface area contributed by atoms with Gasteiger partial charge in [-0.3, -0.25) is 0 Å². The van der Waals surface area contributed by atoms with Crippen molar-refractivity contribution in [3.63, 3.8) is 0 Å². The van der Waals surface area contributed by atoms with Crippen molar-refractivity contribution in [3.8, 4) is 22.8 Å². The lowest BCUT2D eigenvalue weighted by Crippen LogP contribution is -1.97. The smallest absolute Gasteiger partial charge is 0.163 e. The van der Waals surface area contributed by atoms with E-state index in [0.717, 1.165) is 29.3 Å². The summed E-state index contributed by atoms with van der Waals surface area (Å²) in [7, 11) is 0. The maximum Gasteiger partial charge on any atom is 0.163 e. The molecular weight excluding hydrogens is 230 g/mol. The van der Waals surface area contributed by atoms with E-state index in [1.54, 1.807) is 6.07 Å². The number of furan rings is 1. The van der Waals surface area contributed by atoms with Crippen LogP contribution in [0.15, 0.2) is 28.7 Å². The zero-order valence-electron chi connectivity index (χ0n) is 10.2. The maximum atomic E-state index is 6.04. The number of nitrogens with two attached hydrogens (primary N) is 1. The Labute approximate surface area is 105 Å². The summed E-state index contributed by atoms with van der Waals surface area (Å²) in [5.74, 6) is 3.04. The first-order chi connectivity index (χ1) is 8.74. The van der Waals surface area contributed by atoms with Crippen molar-refractivity contribution < 1.29 is 13.9 Å². The average molecular weight is 245 g/mol. The van der Waals surface area contributed by atoms with E-state index >= 15 is 0 Å². The normalized spacial score (nSPS) is 14.3. The molecule has 0 bridgehead atoms. The number of aryl methyl sites for hydroxylation is 1. The molecule has 94 valence electrons. The minimum absolute atomic E-state index is 0.633. The van der Waals surface area contributed by atoms with Gasteiger partial charge in [-0.25, -0.2) is 0 Å². The van der Waals surface area contributed by atoms with E-state index in [4.69, 9.17) is 19.6 Å². The number of hydrogen-bond acceptors (Lipinski definition) is 4. The van der Waals surface area contributed by atoms with Crippen molar-refractivity contribution in [1.82, 2.24) is 0 Å². The number of nitrogen functional groups attached to an aromatic ring is 1. The molecule has 1 aromatic carbocycles. The van der Waals surface area contributed by atoms with Gasteiger partial charge >= 0.3 is 0 Å². The number of fused-ring (bicyclic) bond motifs is 1. The number of hydrogen-bond donors (Lipinski definition) is 1. The van der Waals surface area contributed by atoms with Crippen LogP contribution in [-0.4, -0.2) is 13.2 Å². The fourth-order valence-corrected chi connectivity index (χ4v) is 2.02. The second kappa shape index (κ2) is 4.29. The molecule has 0 amide bonds. The van der Waals surface area contributed by atoms with Gasteiger partial charge < -0.3 is 19.6 Å². The highest BCUT2D eigenvalue weighted by atomic mass is 16.5. The summed E-state index contributed by atoms with van der Waals surface area (Å²) >= 11 is 0. The highest BCUT2D eigenvalue weighted by Gasteiger charge is 2.16. The highest BCUT2D eigenvalue weighted by Crippen LogP contribution is 2.39. The topological polar surface area (TPSA) is 57.6 Å². The van der Waals surface area contributed by atoms with E-state index < -0.39 is 0 Å². The van der Waals surface area contributed by atoms with Gasteiger partial charge in [0.1, 0.15) is 11.5 Å². The fraction of sp³-hybridized carbons (Fsp3) is 0.286. The molecular formula is C14H15NO3. The molecule has 0 unspecified atom stereocenters. The molecule has 0 fully saturated rings. The molecule has 0 radical (unpaired) electrons. The molecule has 0 saturated heterocycles. The molecule has 2 N–H and O–H groups in total. The van der Waals surface area contributed by atoms with Gasteiger partial charge in [0.15, 0.2) is 11.5 Å².